The number of hydrogen-bond acceptors (Lipinski definition) is 5. The minimum Gasteiger partial charge on any atom is -0.493 e. The quantitative estimate of drug-likeness (QED) is 0.557. The summed E-state index contributed by atoms with van der Waals surface area (Å²) in [5.74, 6) is 0.837. The number of hydrogen-bond donors (Lipinski definition) is 1. The van der Waals surface area contributed by atoms with Crippen LogP contribution in [-0.2, 0) is 6.54 Å². The monoisotopic (exact) mass is 409 g/mol. The molecular weight excluding hydrogens is 384 g/mol. The average molecular weight is 409 g/mol. The molecule has 6 nitrogen and oxygen atoms in total. The molecule has 0 unspecified atom stereocenters. The lowest BCUT2D eigenvalue weighted by atomic mass is 10.1. The predicted molar refractivity (Wildman–Crippen MR) is 104 cm³/mol. The van der Waals surface area contributed by atoms with Gasteiger partial charge in [-0.25, -0.2) is 0 Å². The molecule has 0 aliphatic heterocycles. The molecule has 0 radical (unpaired) electrons. The number of halogens is 2. The summed E-state index contributed by atoms with van der Waals surface area (Å²) in [6.07, 6.45) is 1.94. The van der Waals surface area contributed by atoms with Crippen LogP contribution in [0.15, 0.2) is 36.4 Å². The summed E-state index contributed by atoms with van der Waals surface area (Å²) in [4.78, 5) is 12.5. The smallest absolute Gasteiger partial charge is 0.387 e. The Labute approximate surface area is 168 Å². The van der Waals surface area contributed by atoms with Crippen LogP contribution >= 0.6 is 0 Å². The molecule has 0 saturated carbocycles. The van der Waals surface area contributed by atoms with E-state index in [0.29, 0.717) is 29.2 Å². The lowest BCUT2D eigenvalue weighted by Crippen LogP contribution is -2.22. The first-order valence-electron chi connectivity index (χ1n) is 9.19. The van der Waals surface area contributed by atoms with E-state index in [0.717, 1.165) is 12.8 Å². The first-order valence-corrected chi connectivity index (χ1v) is 9.19. The van der Waals surface area contributed by atoms with Crippen molar-refractivity contribution in [3.8, 4) is 23.0 Å². The largest absolute Gasteiger partial charge is 0.493 e. The van der Waals surface area contributed by atoms with E-state index in [4.69, 9.17) is 14.2 Å². The molecule has 8 heteroatoms. The third-order valence-electron chi connectivity index (χ3n) is 4.08. The van der Waals surface area contributed by atoms with Gasteiger partial charge in [-0.3, -0.25) is 4.79 Å². The zero-order chi connectivity index (χ0) is 21.2. The molecule has 0 aromatic heterocycles. The Bertz CT molecular complexity index is 814. The van der Waals surface area contributed by atoms with Crippen LogP contribution in [0.5, 0.6) is 23.0 Å². The third-order valence-corrected chi connectivity index (χ3v) is 4.08. The maximum atomic E-state index is 12.5. The van der Waals surface area contributed by atoms with Crippen molar-refractivity contribution >= 4 is 5.91 Å². The lowest BCUT2D eigenvalue weighted by Gasteiger charge is -2.13. The van der Waals surface area contributed by atoms with Gasteiger partial charge in [-0.05, 0) is 42.3 Å². The zero-order valence-corrected chi connectivity index (χ0v) is 16.7. The molecule has 0 saturated heterocycles. The molecule has 2 rings (SSSR count). The van der Waals surface area contributed by atoms with Crippen molar-refractivity contribution in [1.29, 1.82) is 0 Å². The van der Waals surface area contributed by atoms with Gasteiger partial charge >= 0.3 is 6.61 Å². The number of methoxy groups -OCH3 is 2. The highest BCUT2D eigenvalue weighted by molar-refractivity contribution is 5.94. The van der Waals surface area contributed by atoms with Crippen LogP contribution in [0.25, 0.3) is 0 Å². The van der Waals surface area contributed by atoms with Gasteiger partial charge in [-0.2, -0.15) is 8.78 Å². The maximum absolute atomic E-state index is 12.5. The number of carbonyl (C=O) groups excluding carboxylic acids is 1. The molecular formula is C21H25F2NO5. The van der Waals surface area contributed by atoms with Gasteiger partial charge in [-0.1, -0.05) is 19.4 Å². The van der Waals surface area contributed by atoms with Crippen molar-refractivity contribution in [2.75, 3.05) is 20.8 Å². The van der Waals surface area contributed by atoms with Crippen molar-refractivity contribution in [1.82, 2.24) is 5.32 Å². The van der Waals surface area contributed by atoms with Crippen LogP contribution in [0, 0.1) is 0 Å². The van der Waals surface area contributed by atoms with Crippen molar-refractivity contribution in [2.24, 2.45) is 0 Å². The number of carbonyl (C=O) groups is 1. The number of ether oxygens (including phenoxy) is 4. The molecule has 0 fully saturated rings. The molecule has 0 atom stereocenters. The van der Waals surface area contributed by atoms with Crippen molar-refractivity contribution in [3.05, 3.63) is 47.5 Å². The summed E-state index contributed by atoms with van der Waals surface area (Å²) in [6, 6.07) is 9.44. The summed E-state index contributed by atoms with van der Waals surface area (Å²) in [7, 11) is 2.87. The van der Waals surface area contributed by atoms with E-state index >= 15 is 0 Å². The minimum atomic E-state index is -2.95. The first-order chi connectivity index (χ1) is 14.0. The van der Waals surface area contributed by atoms with Gasteiger partial charge in [0, 0.05) is 12.1 Å². The highest BCUT2D eigenvalue weighted by Gasteiger charge is 2.13. The molecule has 158 valence electrons. The number of unbranched alkanes of at least 4 members (excludes halogenated alkanes) is 1. The fraction of sp³-hybridized carbons (Fsp3) is 0.381. The van der Waals surface area contributed by atoms with Crippen LogP contribution in [0.3, 0.4) is 0 Å². The van der Waals surface area contributed by atoms with Gasteiger partial charge in [0.2, 0.25) is 0 Å². The predicted octanol–water partition coefficient (Wildman–Crippen LogP) is 4.41. The Kier molecular flexibility index (Phi) is 8.51. The van der Waals surface area contributed by atoms with E-state index < -0.39 is 6.61 Å². The van der Waals surface area contributed by atoms with Crippen LogP contribution < -0.4 is 24.3 Å². The topological polar surface area (TPSA) is 66.0 Å². The Hall–Kier alpha value is -3.03. The lowest BCUT2D eigenvalue weighted by molar-refractivity contribution is -0.0512. The second kappa shape index (κ2) is 11.1. The summed E-state index contributed by atoms with van der Waals surface area (Å²) >= 11 is 0. The fourth-order valence-corrected chi connectivity index (χ4v) is 2.55. The molecule has 0 heterocycles. The van der Waals surface area contributed by atoms with Gasteiger partial charge in [0.25, 0.3) is 5.91 Å². The van der Waals surface area contributed by atoms with E-state index in [1.54, 1.807) is 24.3 Å². The normalized spacial score (nSPS) is 10.6. The van der Waals surface area contributed by atoms with Crippen molar-refractivity contribution < 1.29 is 32.5 Å². The fourth-order valence-electron chi connectivity index (χ4n) is 2.55. The number of alkyl halides is 2. The van der Waals surface area contributed by atoms with Crippen molar-refractivity contribution in [2.45, 2.75) is 32.9 Å². The molecule has 0 bridgehead atoms. The van der Waals surface area contributed by atoms with Crippen LogP contribution in [0.2, 0.25) is 0 Å². The standard InChI is InChI=1S/C21H25F2NO5/c1-4-5-10-28-16-9-7-15(12-19(16)27-3)20(25)24-13-14-6-8-17(29-21(22)23)18(11-14)26-2/h6-9,11-12,21H,4-5,10,13H2,1-3H3,(H,24,25). The second-order valence-corrected chi connectivity index (χ2v) is 6.11. The van der Waals surface area contributed by atoms with E-state index in [9.17, 15) is 13.6 Å². The van der Waals surface area contributed by atoms with E-state index in [2.05, 4.69) is 17.0 Å². The molecule has 2 aromatic carbocycles. The van der Waals surface area contributed by atoms with Gasteiger partial charge < -0.3 is 24.3 Å². The van der Waals surface area contributed by atoms with Gasteiger partial charge in [0.1, 0.15) is 0 Å². The molecule has 1 amide bonds. The Morgan fingerprint density at radius 3 is 2.34 bits per heavy atom. The Morgan fingerprint density at radius 1 is 1.00 bits per heavy atom. The zero-order valence-electron chi connectivity index (χ0n) is 16.7. The Balaban J connectivity index is 2.03. The van der Waals surface area contributed by atoms with Gasteiger partial charge in [-0.15, -0.1) is 0 Å². The highest BCUT2D eigenvalue weighted by Crippen LogP contribution is 2.30. The second-order valence-electron chi connectivity index (χ2n) is 6.11. The van der Waals surface area contributed by atoms with Crippen molar-refractivity contribution in [3.63, 3.8) is 0 Å². The third kappa shape index (κ3) is 6.51. The van der Waals surface area contributed by atoms with E-state index in [1.807, 2.05) is 0 Å². The number of rotatable bonds is 11. The number of benzene rings is 2. The van der Waals surface area contributed by atoms with Crippen LogP contribution in [0.4, 0.5) is 8.78 Å². The van der Waals surface area contributed by atoms with E-state index in [1.165, 1.54) is 26.4 Å². The average Bonchev–Trinajstić information content (AvgIpc) is 2.72. The summed E-state index contributed by atoms with van der Waals surface area (Å²) in [5, 5.41) is 2.77. The van der Waals surface area contributed by atoms with Gasteiger partial charge in [0.05, 0.1) is 20.8 Å². The summed E-state index contributed by atoms with van der Waals surface area (Å²) in [6.45, 7) is -0.117. The first kappa shape index (κ1) is 22.3. The highest BCUT2D eigenvalue weighted by atomic mass is 19.3. The molecule has 2 aromatic rings. The molecule has 1 N–H and O–H groups in total. The minimum absolute atomic E-state index is 0.0685. The molecule has 0 aliphatic carbocycles. The molecule has 0 aliphatic rings. The number of amides is 1. The maximum Gasteiger partial charge on any atom is 0.387 e. The van der Waals surface area contributed by atoms with Crippen LogP contribution in [-0.4, -0.2) is 33.3 Å². The summed E-state index contributed by atoms with van der Waals surface area (Å²) in [5.41, 5.74) is 1.08. The Morgan fingerprint density at radius 2 is 1.69 bits per heavy atom. The van der Waals surface area contributed by atoms with E-state index in [-0.39, 0.29) is 24.0 Å². The SMILES string of the molecule is CCCCOc1ccc(C(=O)NCc2ccc(OC(F)F)c(OC)c2)cc1OC. The molecule has 29 heavy (non-hydrogen) atoms. The van der Waals surface area contributed by atoms with Crippen LogP contribution in [0.1, 0.15) is 35.7 Å². The number of nitrogens with one attached hydrogen (secondary N) is 1. The molecule has 0 spiro atoms. The van der Waals surface area contributed by atoms with Gasteiger partial charge in [0.15, 0.2) is 23.0 Å². The summed E-state index contributed by atoms with van der Waals surface area (Å²) < 4.78 is 45.2.